The second-order valence-electron chi connectivity index (χ2n) is 3.68. The lowest BCUT2D eigenvalue weighted by Gasteiger charge is -2.26. The molecule has 0 radical (unpaired) electrons. The maximum atomic E-state index is 5.80. The molecule has 3 heteroatoms. The fourth-order valence-corrected chi connectivity index (χ4v) is 1.61. The molecule has 1 saturated carbocycles. The van der Waals surface area contributed by atoms with Crippen molar-refractivity contribution in [2.75, 3.05) is 6.54 Å². The number of hydrogen-bond acceptors (Lipinski definition) is 3. The van der Waals surface area contributed by atoms with Crippen molar-refractivity contribution in [2.45, 2.75) is 51.1 Å². The summed E-state index contributed by atoms with van der Waals surface area (Å²) in [6.45, 7) is 3.23. The Bertz CT molecular complexity index is 108. The number of nitrogens with one attached hydrogen (secondary N) is 2. The van der Waals surface area contributed by atoms with Crippen LogP contribution in [0, 0.1) is 0 Å². The summed E-state index contributed by atoms with van der Waals surface area (Å²) in [7, 11) is 0. The van der Waals surface area contributed by atoms with Crippen LogP contribution in [0.25, 0.3) is 0 Å². The molecular formula is C9H21N3. The molecule has 0 aromatic heterocycles. The minimum Gasteiger partial charge on any atom is -0.328 e. The van der Waals surface area contributed by atoms with Gasteiger partial charge in [0, 0.05) is 18.6 Å². The van der Waals surface area contributed by atoms with Crippen LogP contribution in [0.2, 0.25) is 0 Å². The van der Waals surface area contributed by atoms with Gasteiger partial charge in [0.1, 0.15) is 0 Å². The third-order valence-corrected chi connectivity index (χ3v) is 2.45. The van der Waals surface area contributed by atoms with Gasteiger partial charge >= 0.3 is 0 Å². The first-order chi connectivity index (χ1) is 5.83. The molecular weight excluding hydrogens is 150 g/mol. The molecule has 0 atom stereocenters. The zero-order chi connectivity index (χ0) is 8.81. The predicted octanol–water partition coefficient (Wildman–Crippen LogP) is 0.760. The Balaban J connectivity index is 2.01. The zero-order valence-corrected chi connectivity index (χ0v) is 7.97. The summed E-state index contributed by atoms with van der Waals surface area (Å²) in [5.74, 6) is 0. The van der Waals surface area contributed by atoms with Crippen molar-refractivity contribution in [2.24, 2.45) is 5.73 Å². The minimum atomic E-state index is 0.453. The quantitative estimate of drug-likeness (QED) is 0.432. The van der Waals surface area contributed by atoms with E-state index < -0.39 is 0 Å². The molecule has 3 nitrogen and oxygen atoms in total. The van der Waals surface area contributed by atoms with Crippen LogP contribution in [-0.2, 0) is 0 Å². The molecule has 0 bridgehead atoms. The summed E-state index contributed by atoms with van der Waals surface area (Å²) in [5.41, 5.74) is 12.4. The van der Waals surface area contributed by atoms with Crippen LogP contribution >= 0.6 is 0 Å². The van der Waals surface area contributed by atoms with E-state index in [1.807, 2.05) is 0 Å². The summed E-state index contributed by atoms with van der Waals surface area (Å²) in [4.78, 5) is 0. The molecule has 0 aromatic carbocycles. The molecule has 1 aliphatic rings. The zero-order valence-electron chi connectivity index (χ0n) is 7.97. The first kappa shape index (κ1) is 9.96. The van der Waals surface area contributed by atoms with Crippen molar-refractivity contribution in [3.05, 3.63) is 0 Å². The Kier molecular flexibility index (Phi) is 4.58. The van der Waals surface area contributed by atoms with E-state index in [1.54, 1.807) is 0 Å². The number of hydrazine groups is 1. The molecule has 0 unspecified atom stereocenters. The first-order valence-corrected chi connectivity index (χ1v) is 5.07. The van der Waals surface area contributed by atoms with Gasteiger partial charge in [-0.1, -0.05) is 6.92 Å². The van der Waals surface area contributed by atoms with Gasteiger partial charge in [-0.05, 0) is 32.1 Å². The monoisotopic (exact) mass is 171 g/mol. The standard InChI is InChI=1S/C9H21N3/c1-2-7-11-12-9-5-3-8(10)4-6-9/h8-9,11-12H,2-7,10H2,1H3. The van der Waals surface area contributed by atoms with Crippen molar-refractivity contribution in [3.8, 4) is 0 Å². The first-order valence-electron chi connectivity index (χ1n) is 5.07. The van der Waals surface area contributed by atoms with E-state index in [1.165, 1.54) is 32.1 Å². The summed E-state index contributed by atoms with van der Waals surface area (Å²) >= 11 is 0. The van der Waals surface area contributed by atoms with Crippen molar-refractivity contribution >= 4 is 0 Å². The van der Waals surface area contributed by atoms with Crippen LogP contribution < -0.4 is 16.6 Å². The highest BCUT2D eigenvalue weighted by molar-refractivity contribution is 4.77. The summed E-state index contributed by atoms with van der Waals surface area (Å²) < 4.78 is 0. The van der Waals surface area contributed by atoms with Gasteiger partial charge in [0.15, 0.2) is 0 Å². The molecule has 12 heavy (non-hydrogen) atoms. The topological polar surface area (TPSA) is 50.1 Å². The average molecular weight is 171 g/mol. The van der Waals surface area contributed by atoms with Crippen molar-refractivity contribution in [1.82, 2.24) is 10.9 Å². The fourth-order valence-electron chi connectivity index (χ4n) is 1.61. The highest BCUT2D eigenvalue weighted by atomic mass is 15.4. The van der Waals surface area contributed by atoms with E-state index in [-0.39, 0.29) is 0 Å². The van der Waals surface area contributed by atoms with Crippen molar-refractivity contribution in [1.29, 1.82) is 0 Å². The molecule has 0 aliphatic heterocycles. The van der Waals surface area contributed by atoms with E-state index >= 15 is 0 Å². The Labute approximate surface area is 75.1 Å². The summed E-state index contributed by atoms with van der Waals surface area (Å²) in [6, 6.07) is 1.10. The van der Waals surface area contributed by atoms with E-state index in [0.29, 0.717) is 12.1 Å². The Morgan fingerprint density at radius 3 is 2.50 bits per heavy atom. The van der Waals surface area contributed by atoms with Gasteiger partial charge in [0.2, 0.25) is 0 Å². The van der Waals surface area contributed by atoms with Crippen molar-refractivity contribution in [3.63, 3.8) is 0 Å². The van der Waals surface area contributed by atoms with Gasteiger partial charge in [-0.15, -0.1) is 0 Å². The maximum absolute atomic E-state index is 5.80. The summed E-state index contributed by atoms with van der Waals surface area (Å²) in [5, 5.41) is 0. The molecule has 1 fully saturated rings. The largest absolute Gasteiger partial charge is 0.328 e. The molecule has 0 heterocycles. The summed E-state index contributed by atoms with van der Waals surface area (Å²) in [6.07, 6.45) is 5.96. The van der Waals surface area contributed by atoms with Crippen LogP contribution in [-0.4, -0.2) is 18.6 Å². The minimum absolute atomic E-state index is 0.453. The van der Waals surface area contributed by atoms with E-state index in [0.717, 1.165) is 6.54 Å². The average Bonchev–Trinajstić information content (AvgIpc) is 2.09. The van der Waals surface area contributed by atoms with Gasteiger partial charge in [-0.3, -0.25) is 10.9 Å². The van der Waals surface area contributed by atoms with Crippen LogP contribution in [0.3, 0.4) is 0 Å². The van der Waals surface area contributed by atoms with E-state index in [9.17, 15) is 0 Å². The Morgan fingerprint density at radius 1 is 1.25 bits per heavy atom. The van der Waals surface area contributed by atoms with Crippen LogP contribution in [0.5, 0.6) is 0 Å². The Hall–Kier alpha value is -0.120. The second-order valence-corrected chi connectivity index (χ2v) is 3.68. The van der Waals surface area contributed by atoms with Crippen LogP contribution in [0.1, 0.15) is 39.0 Å². The fraction of sp³-hybridized carbons (Fsp3) is 1.00. The van der Waals surface area contributed by atoms with Crippen LogP contribution in [0.15, 0.2) is 0 Å². The number of nitrogens with two attached hydrogens (primary N) is 1. The van der Waals surface area contributed by atoms with Gasteiger partial charge in [-0.25, -0.2) is 0 Å². The van der Waals surface area contributed by atoms with Gasteiger partial charge < -0.3 is 5.73 Å². The van der Waals surface area contributed by atoms with E-state index in [2.05, 4.69) is 17.8 Å². The third kappa shape index (κ3) is 3.52. The third-order valence-electron chi connectivity index (χ3n) is 2.45. The lowest BCUT2D eigenvalue weighted by atomic mass is 9.92. The molecule has 4 N–H and O–H groups in total. The molecule has 1 rings (SSSR count). The highest BCUT2D eigenvalue weighted by Crippen LogP contribution is 2.15. The van der Waals surface area contributed by atoms with Crippen LogP contribution in [0.4, 0.5) is 0 Å². The molecule has 0 amide bonds. The van der Waals surface area contributed by atoms with E-state index in [4.69, 9.17) is 5.73 Å². The van der Waals surface area contributed by atoms with Gasteiger partial charge in [-0.2, -0.15) is 0 Å². The molecule has 1 aliphatic carbocycles. The molecule has 0 saturated heterocycles. The number of rotatable bonds is 4. The molecule has 0 aromatic rings. The van der Waals surface area contributed by atoms with Gasteiger partial charge in [0.05, 0.1) is 0 Å². The smallest absolute Gasteiger partial charge is 0.0214 e. The SMILES string of the molecule is CCCNNC1CCC(N)CC1. The Morgan fingerprint density at radius 2 is 1.92 bits per heavy atom. The normalized spacial score (nSPS) is 30.5. The lowest BCUT2D eigenvalue weighted by molar-refractivity contribution is 0.312. The molecule has 72 valence electrons. The predicted molar refractivity (Wildman–Crippen MR) is 51.7 cm³/mol. The molecule has 0 spiro atoms. The lowest BCUT2D eigenvalue weighted by Crippen LogP contribution is -2.44. The van der Waals surface area contributed by atoms with Crippen molar-refractivity contribution < 1.29 is 0 Å². The highest BCUT2D eigenvalue weighted by Gasteiger charge is 2.17. The van der Waals surface area contributed by atoms with Gasteiger partial charge in [0.25, 0.3) is 0 Å². The second kappa shape index (κ2) is 5.51. The number of hydrogen-bond donors (Lipinski definition) is 3. The maximum Gasteiger partial charge on any atom is 0.0214 e.